The van der Waals surface area contributed by atoms with Gasteiger partial charge in [0.15, 0.2) is 0 Å². The van der Waals surface area contributed by atoms with Crippen molar-refractivity contribution in [1.29, 1.82) is 0 Å². The minimum Gasteiger partial charge on any atom is -0.600 e. The van der Waals surface area contributed by atoms with E-state index >= 15 is 0 Å². The average molecular weight is 305 g/mol. The lowest BCUT2D eigenvalue weighted by Gasteiger charge is -2.22. The zero-order valence-electron chi connectivity index (χ0n) is 7.83. The third-order valence-electron chi connectivity index (χ3n) is 1.84. The summed E-state index contributed by atoms with van der Waals surface area (Å²) in [6.07, 6.45) is -0.0392. The first-order chi connectivity index (χ1) is 6.07. The number of nitrogens with one attached hydrogen (secondary N) is 1. The van der Waals surface area contributed by atoms with Crippen molar-refractivity contribution in [3.8, 4) is 0 Å². The van der Waals surface area contributed by atoms with Crippen LogP contribution in [0.2, 0.25) is 0 Å². The van der Waals surface area contributed by atoms with Crippen molar-refractivity contribution in [2.75, 3.05) is 19.8 Å². The van der Waals surface area contributed by atoms with Gasteiger partial charge in [-0.3, -0.25) is 0 Å². The van der Waals surface area contributed by atoms with Gasteiger partial charge < -0.3 is 13.0 Å². The van der Waals surface area contributed by atoms with Crippen LogP contribution in [-0.2, 0) is 7.80 Å². The van der Waals surface area contributed by atoms with Gasteiger partial charge in [0.2, 0.25) is 0 Å². The molecular formula is C7H16INO4. The number of hydroxylamine groups is 2. The third-order valence-corrected chi connectivity index (χ3v) is 2.28. The minimum atomic E-state index is -0.784. The van der Waals surface area contributed by atoms with Crippen molar-refractivity contribution in [2.45, 2.75) is 20.0 Å². The Balaban J connectivity index is 3.50. The average Bonchev–Trinajstić information content (AvgIpc) is 2.03. The van der Waals surface area contributed by atoms with Gasteiger partial charge in [-0.15, -0.1) is 0 Å². The predicted molar refractivity (Wildman–Crippen MR) is 55.5 cm³/mol. The summed E-state index contributed by atoms with van der Waals surface area (Å²) in [5.74, 6) is 0.0340. The molecule has 0 bridgehead atoms. The van der Waals surface area contributed by atoms with E-state index in [1.54, 1.807) is 23.0 Å². The summed E-state index contributed by atoms with van der Waals surface area (Å²) < 4.78 is 10.1. The van der Waals surface area contributed by atoms with Crippen LogP contribution in [0.1, 0.15) is 13.8 Å². The first kappa shape index (κ1) is 13.5. The van der Waals surface area contributed by atoms with Crippen LogP contribution >= 0.6 is 23.0 Å². The molecule has 0 aliphatic rings. The van der Waals surface area contributed by atoms with Crippen LogP contribution in [0.4, 0.5) is 0 Å². The molecule has 0 heterocycles. The monoisotopic (exact) mass is 305 g/mol. The Kier molecular flexibility index (Phi) is 8.21. The summed E-state index contributed by atoms with van der Waals surface area (Å²) in [6.45, 7) is 4.93. The lowest BCUT2D eigenvalue weighted by molar-refractivity contribution is -1.05. The van der Waals surface area contributed by atoms with Crippen LogP contribution in [-0.4, -0.2) is 31.1 Å². The van der Waals surface area contributed by atoms with Crippen LogP contribution in [0, 0.1) is 11.1 Å². The summed E-state index contributed by atoms with van der Waals surface area (Å²) in [5.41, 5.74) is 0. The second-order valence-corrected chi connectivity index (χ2v) is 3.59. The van der Waals surface area contributed by atoms with Gasteiger partial charge in [0.25, 0.3) is 0 Å². The highest BCUT2D eigenvalue weighted by Crippen LogP contribution is 2.04. The quantitative estimate of drug-likeness (QED) is 0.400. The van der Waals surface area contributed by atoms with Gasteiger partial charge in [0.05, 0.1) is 19.3 Å². The first-order valence-corrected chi connectivity index (χ1v) is 5.03. The highest BCUT2D eigenvalue weighted by molar-refractivity contribution is 14.1. The third kappa shape index (κ3) is 7.59. The fourth-order valence-electron chi connectivity index (χ4n) is 0.871. The zero-order valence-corrected chi connectivity index (χ0v) is 9.98. The van der Waals surface area contributed by atoms with Crippen molar-refractivity contribution in [2.24, 2.45) is 5.92 Å². The van der Waals surface area contributed by atoms with Crippen LogP contribution in [0.3, 0.4) is 0 Å². The van der Waals surface area contributed by atoms with E-state index in [1.807, 2.05) is 13.8 Å². The molecule has 0 rings (SSSR count). The zero-order chi connectivity index (χ0) is 10.3. The SMILES string of the molecule is CC(C[NH+]([O-])O)C(C)OCCOI. The molecule has 0 saturated heterocycles. The summed E-state index contributed by atoms with van der Waals surface area (Å²) in [4.78, 5) is 0. The van der Waals surface area contributed by atoms with Crippen molar-refractivity contribution >= 4 is 23.0 Å². The molecule has 0 aliphatic carbocycles. The number of rotatable bonds is 7. The summed E-state index contributed by atoms with van der Waals surface area (Å²) in [7, 11) is 0. The molecule has 0 fully saturated rings. The maximum absolute atomic E-state index is 10.4. The van der Waals surface area contributed by atoms with Crippen molar-refractivity contribution in [1.82, 2.24) is 0 Å². The molecular weight excluding hydrogens is 289 g/mol. The maximum atomic E-state index is 10.4. The van der Waals surface area contributed by atoms with Crippen LogP contribution < -0.4 is 5.23 Å². The van der Waals surface area contributed by atoms with Gasteiger partial charge >= 0.3 is 0 Å². The molecule has 5 nitrogen and oxygen atoms in total. The standard InChI is InChI=1S/C7H16INO4/c1-6(5-9(10)11)7(2)12-3-4-13-8/h6-7,9-10H,3-5H2,1-2H3. The van der Waals surface area contributed by atoms with Gasteiger partial charge in [-0.25, -0.2) is 10.4 Å². The molecule has 0 aliphatic heterocycles. The van der Waals surface area contributed by atoms with E-state index in [4.69, 9.17) is 13.0 Å². The van der Waals surface area contributed by atoms with E-state index in [-0.39, 0.29) is 18.6 Å². The van der Waals surface area contributed by atoms with Crippen molar-refractivity contribution in [3.05, 3.63) is 5.21 Å². The van der Waals surface area contributed by atoms with E-state index in [1.165, 1.54) is 0 Å². The molecule has 6 heteroatoms. The molecule has 0 saturated carbocycles. The Morgan fingerprint density at radius 2 is 2.08 bits per heavy atom. The molecule has 3 atom stereocenters. The smallest absolute Gasteiger partial charge is 0.112 e. The maximum Gasteiger partial charge on any atom is 0.112 e. The Labute approximate surface area is 92.2 Å². The van der Waals surface area contributed by atoms with Crippen LogP contribution in [0.15, 0.2) is 0 Å². The summed E-state index contributed by atoms with van der Waals surface area (Å²) in [5, 5.41) is 18.1. The molecule has 0 radical (unpaired) electrons. The molecule has 2 N–H and O–H groups in total. The molecule has 80 valence electrons. The first-order valence-electron chi connectivity index (χ1n) is 4.14. The Morgan fingerprint density at radius 1 is 1.46 bits per heavy atom. The number of quaternary nitrogens is 1. The molecule has 0 aromatic rings. The molecule has 3 unspecified atom stereocenters. The Morgan fingerprint density at radius 3 is 2.54 bits per heavy atom. The normalized spacial score (nSPS) is 18.2. The van der Waals surface area contributed by atoms with E-state index in [2.05, 4.69) is 0 Å². The van der Waals surface area contributed by atoms with Crippen molar-refractivity contribution < 1.29 is 18.2 Å². The Hall–Kier alpha value is 0.530. The second kappa shape index (κ2) is 7.89. The number of hydrogen-bond acceptors (Lipinski definition) is 4. The van der Waals surface area contributed by atoms with E-state index in [9.17, 15) is 5.21 Å². The molecule has 0 spiro atoms. The molecule has 13 heavy (non-hydrogen) atoms. The second-order valence-electron chi connectivity index (χ2n) is 2.96. The van der Waals surface area contributed by atoms with E-state index in [0.717, 1.165) is 0 Å². The minimum absolute atomic E-state index is 0.0340. The summed E-state index contributed by atoms with van der Waals surface area (Å²) in [6, 6.07) is 0. The fraction of sp³-hybridized carbons (Fsp3) is 1.00. The van der Waals surface area contributed by atoms with Gasteiger partial charge in [0, 0.05) is 5.92 Å². The van der Waals surface area contributed by atoms with Crippen molar-refractivity contribution in [3.63, 3.8) is 0 Å². The molecule has 0 aromatic carbocycles. The lowest BCUT2D eigenvalue weighted by Crippen LogP contribution is -3.05. The van der Waals surface area contributed by atoms with Gasteiger partial charge in [-0.05, 0) is 6.92 Å². The van der Waals surface area contributed by atoms with E-state index in [0.29, 0.717) is 13.2 Å². The number of ether oxygens (including phenoxy) is 1. The van der Waals surface area contributed by atoms with E-state index < -0.39 is 5.23 Å². The van der Waals surface area contributed by atoms with Crippen LogP contribution in [0.25, 0.3) is 0 Å². The molecule has 0 aromatic heterocycles. The highest BCUT2D eigenvalue weighted by Gasteiger charge is 2.15. The number of hydrogen-bond donors (Lipinski definition) is 2. The van der Waals surface area contributed by atoms with Crippen LogP contribution in [0.5, 0.6) is 0 Å². The predicted octanol–water partition coefficient (Wildman–Crippen LogP) is 0.166. The lowest BCUT2D eigenvalue weighted by atomic mass is 10.1. The largest absolute Gasteiger partial charge is 0.600 e. The van der Waals surface area contributed by atoms with Gasteiger partial charge in [0.1, 0.15) is 29.6 Å². The highest BCUT2D eigenvalue weighted by atomic mass is 127. The Bertz CT molecular complexity index is 125. The summed E-state index contributed by atoms with van der Waals surface area (Å²) >= 11 is 1.80. The fourth-order valence-corrected chi connectivity index (χ4v) is 1.05. The molecule has 0 amide bonds. The van der Waals surface area contributed by atoms with Gasteiger partial charge in [-0.2, -0.15) is 0 Å². The van der Waals surface area contributed by atoms with Gasteiger partial charge in [-0.1, -0.05) is 6.92 Å². The topological polar surface area (TPSA) is 66.2 Å². The number of halogens is 1.